The molecule has 1 aliphatic heterocycles. The van der Waals surface area contributed by atoms with Gasteiger partial charge in [0.25, 0.3) is 0 Å². The number of hydrogen-bond acceptors (Lipinski definition) is 3. The van der Waals surface area contributed by atoms with Gasteiger partial charge in [-0.2, -0.15) is 0 Å². The second-order valence-corrected chi connectivity index (χ2v) is 5.18. The molecule has 2 aromatic rings. The third-order valence-corrected chi connectivity index (χ3v) is 3.86. The Balaban J connectivity index is 1.90. The van der Waals surface area contributed by atoms with E-state index in [-0.39, 0.29) is 5.97 Å². The molecule has 3 rings (SSSR count). The lowest BCUT2D eigenvalue weighted by Crippen LogP contribution is -2.12. The van der Waals surface area contributed by atoms with E-state index in [4.69, 9.17) is 4.74 Å². The summed E-state index contributed by atoms with van der Waals surface area (Å²) < 4.78 is 4.72. The molecule has 0 N–H and O–H groups in total. The molecule has 0 saturated heterocycles. The molecule has 0 saturated carbocycles. The fourth-order valence-corrected chi connectivity index (χ4v) is 2.75. The normalized spacial score (nSPS) is 12.4. The van der Waals surface area contributed by atoms with Crippen molar-refractivity contribution in [3.63, 3.8) is 0 Å². The van der Waals surface area contributed by atoms with Crippen molar-refractivity contribution >= 4 is 11.7 Å². The van der Waals surface area contributed by atoms with Gasteiger partial charge in [0, 0.05) is 12.6 Å². The van der Waals surface area contributed by atoms with Crippen LogP contribution in [-0.2, 0) is 11.2 Å². The summed E-state index contributed by atoms with van der Waals surface area (Å²) >= 11 is 0. The number of anilines is 1. The summed E-state index contributed by atoms with van der Waals surface area (Å²) in [6, 6.07) is 17.0. The smallest absolute Gasteiger partial charge is 0.337 e. The third kappa shape index (κ3) is 2.56. The van der Waals surface area contributed by atoms with Crippen LogP contribution >= 0.6 is 0 Å². The minimum absolute atomic E-state index is 0.311. The zero-order chi connectivity index (χ0) is 15.5. The van der Waals surface area contributed by atoms with Gasteiger partial charge in [0.05, 0.1) is 18.4 Å². The molecule has 0 bridgehead atoms. The Hall–Kier alpha value is -2.73. The van der Waals surface area contributed by atoms with Crippen molar-refractivity contribution in [3.8, 4) is 23.1 Å². The number of hydrogen-bond donors (Lipinski definition) is 0. The lowest BCUT2D eigenvalue weighted by Gasteiger charge is -2.11. The minimum Gasteiger partial charge on any atom is -0.465 e. The Morgan fingerprint density at radius 3 is 2.55 bits per heavy atom. The van der Waals surface area contributed by atoms with Crippen molar-refractivity contribution in [1.82, 2.24) is 0 Å². The fraction of sp³-hybridized carbons (Fsp3) is 0.211. The molecule has 110 valence electrons. The predicted octanol–water partition coefficient (Wildman–Crippen LogP) is 3.48. The maximum atomic E-state index is 11.5. The molecule has 22 heavy (non-hydrogen) atoms. The molecule has 2 aromatic carbocycles. The summed E-state index contributed by atoms with van der Waals surface area (Å²) in [6.07, 6.45) is 1.01. The van der Waals surface area contributed by atoms with Gasteiger partial charge in [0.2, 0.25) is 0 Å². The van der Waals surface area contributed by atoms with Gasteiger partial charge in [0.15, 0.2) is 0 Å². The van der Waals surface area contributed by atoms with Crippen LogP contribution in [0.3, 0.4) is 0 Å². The molecule has 0 amide bonds. The maximum Gasteiger partial charge on any atom is 0.337 e. The topological polar surface area (TPSA) is 29.5 Å². The average molecular weight is 291 g/mol. The van der Waals surface area contributed by atoms with E-state index in [1.54, 1.807) is 12.1 Å². The van der Waals surface area contributed by atoms with Crippen LogP contribution in [-0.4, -0.2) is 19.6 Å². The van der Waals surface area contributed by atoms with E-state index < -0.39 is 0 Å². The number of carbonyl (C=O) groups excluding carboxylic acids is 1. The van der Waals surface area contributed by atoms with Gasteiger partial charge >= 0.3 is 5.97 Å². The van der Waals surface area contributed by atoms with Crippen molar-refractivity contribution in [3.05, 3.63) is 53.6 Å². The summed E-state index contributed by atoms with van der Waals surface area (Å²) in [6.45, 7) is 2.80. The Kier molecular flexibility index (Phi) is 3.84. The molecule has 1 aliphatic rings. The number of esters is 1. The molecule has 0 radical (unpaired) electrons. The van der Waals surface area contributed by atoms with Crippen LogP contribution in [0.1, 0.15) is 22.8 Å². The van der Waals surface area contributed by atoms with Crippen LogP contribution < -0.4 is 4.90 Å². The molecule has 0 fully saturated rings. The molecule has 0 atom stereocenters. The number of nitrogens with zero attached hydrogens (tertiary/aromatic N) is 1. The standard InChI is InChI=1S/C19H17NO2/c1-3-11-20-12-10-17-13-16(8-9-18(17)20)14-4-6-15(7-5-14)19(21)22-2/h4-9,13H,10,12H2,1-2H3. The van der Waals surface area contributed by atoms with Crippen molar-refractivity contribution < 1.29 is 9.53 Å². The Morgan fingerprint density at radius 1 is 1.14 bits per heavy atom. The monoisotopic (exact) mass is 291 g/mol. The van der Waals surface area contributed by atoms with Gasteiger partial charge in [-0.1, -0.05) is 24.1 Å². The number of ether oxygens (including phenoxy) is 1. The van der Waals surface area contributed by atoms with Crippen molar-refractivity contribution in [2.45, 2.75) is 13.3 Å². The Bertz CT molecular complexity index is 766. The molecule has 0 unspecified atom stereocenters. The number of rotatable bonds is 2. The summed E-state index contributed by atoms with van der Waals surface area (Å²) in [5, 5.41) is 0. The molecule has 0 spiro atoms. The van der Waals surface area contributed by atoms with Gasteiger partial charge in [-0.3, -0.25) is 0 Å². The predicted molar refractivity (Wildman–Crippen MR) is 87.7 cm³/mol. The molecule has 0 aromatic heterocycles. The summed E-state index contributed by atoms with van der Waals surface area (Å²) in [5.41, 5.74) is 5.33. The highest BCUT2D eigenvalue weighted by Gasteiger charge is 2.18. The van der Waals surface area contributed by atoms with Gasteiger partial charge in [0.1, 0.15) is 0 Å². The third-order valence-electron chi connectivity index (χ3n) is 3.86. The fourth-order valence-electron chi connectivity index (χ4n) is 2.75. The quantitative estimate of drug-likeness (QED) is 0.626. The van der Waals surface area contributed by atoms with Crippen LogP contribution in [0.25, 0.3) is 11.1 Å². The molecule has 1 heterocycles. The second-order valence-electron chi connectivity index (χ2n) is 5.18. The minimum atomic E-state index is -0.311. The average Bonchev–Trinajstić information content (AvgIpc) is 2.97. The highest BCUT2D eigenvalue weighted by molar-refractivity contribution is 5.90. The lowest BCUT2D eigenvalue weighted by atomic mass is 10.0. The molecular weight excluding hydrogens is 274 g/mol. The Labute approximate surface area is 130 Å². The summed E-state index contributed by atoms with van der Waals surface area (Å²) in [5.74, 6) is 2.64. The number of carbonyl (C=O) groups is 1. The van der Waals surface area contributed by atoms with Gasteiger partial charge in [-0.05, 0) is 54.3 Å². The first-order valence-electron chi connectivity index (χ1n) is 7.24. The summed E-state index contributed by atoms with van der Waals surface area (Å²) in [7, 11) is 1.39. The van der Waals surface area contributed by atoms with Crippen LogP contribution in [0.5, 0.6) is 0 Å². The maximum absolute atomic E-state index is 11.5. The second kappa shape index (κ2) is 5.95. The first kappa shape index (κ1) is 14.2. The number of fused-ring (bicyclic) bond motifs is 1. The van der Waals surface area contributed by atoms with E-state index in [9.17, 15) is 4.79 Å². The van der Waals surface area contributed by atoms with Crippen LogP contribution in [0.2, 0.25) is 0 Å². The SMILES string of the molecule is CC#CN1CCc2cc(-c3ccc(C(=O)OC)cc3)ccc21. The van der Waals surface area contributed by atoms with E-state index in [1.807, 2.05) is 19.1 Å². The van der Waals surface area contributed by atoms with Gasteiger partial charge < -0.3 is 9.64 Å². The van der Waals surface area contributed by atoms with Crippen LogP contribution in [0.4, 0.5) is 5.69 Å². The molecule has 0 aliphatic carbocycles. The van der Waals surface area contributed by atoms with Gasteiger partial charge in [-0.25, -0.2) is 4.79 Å². The van der Waals surface area contributed by atoms with Gasteiger partial charge in [-0.15, -0.1) is 0 Å². The highest BCUT2D eigenvalue weighted by atomic mass is 16.5. The van der Waals surface area contributed by atoms with Crippen LogP contribution in [0, 0.1) is 12.0 Å². The highest BCUT2D eigenvalue weighted by Crippen LogP contribution is 2.32. The zero-order valence-corrected chi connectivity index (χ0v) is 12.7. The first-order chi connectivity index (χ1) is 10.7. The largest absolute Gasteiger partial charge is 0.465 e. The van der Waals surface area contributed by atoms with Crippen molar-refractivity contribution in [1.29, 1.82) is 0 Å². The first-order valence-corrected chi connectivity index (χ1v) is 7.24. The van der Waals surface area contributed by atoms with E-state index in [1.165, 1.54) is 18.4 Å². The lowest BCUT2D eigenvalue weighted by molar-refractivity contribution is 0.0601. The number of methoxy groups -OCH3 is 1. The Morgan fingerprint density at radius 2 is 1.86 bits per heavy atom. The van der Waals surface area contributed by atoms with E-state index >= 15 is 0 Å². The van der Waals surface area contributed by atoms with Crippen LogP contribution in [0.15, 0.2) is 42.5 Å². The summed E-state index contributed by atoms with van der Waals surface area (Å²) in [4.78, 5) is 13.6. The zero-order valence-electron chi connectivity index (χ0n) is 12.7. The van der Waals surface area contributed by atoms with E-state index in [0.717, 1.165) is 24.1 Å². The molecule has 3 heteroatoms. The van der Waals surface area contributed by atoms with Crippen molar-refractivity contribution in [2.24, 2.45) is 0 Å². The molecular formula is C19H17NO2. The van der Waals surface area contributed by atoms with Crippen molar-refractivity contribution in [2.75, 3.05) is 18.6 Å². The van der Waals surface area contributed by atoms with E-state index in [0.29, 0.717) is 5.56 Å². The number of benzene rings is 2. The molecule has 3 nitrogen and oxygen atoms in total. The van der Waals surface area contributed by atoms with E-state index in [2.05, 4.69) is 35.1 Å².